The molecule has 96 valence electrons. The topological polar surface area (TPSA) is 21.3 Å². The molecule has 1 N–H and O–H groups in total. The van der Waals surface area contributed by atoms with Gasteiger partial charge in [-0.2, -0.15) is 0 Å². The molecule has 0 aliphatic heterocycles. The Morgan fingerprint density at radius 2 is 1.82 bits per heavy atom. The zero-order valence-corrected chi connectivity index (χ0v) is 11.4. The van der Waals surface area contributed by atoms with E-state index in [0.717, 1.165) is 12.8 Å². The van der Waals surface area contributed by atoms with Gasteiger partial charge in [-0.3, -0.25) is 0 Å². The lowest BCUT2D eigenvalue weighted by molar-refractivity contribution is 0.0330. The first-order chi connectivity index (χ1) is 8.19. The van der Waals surface area contributed by atoms with Gasteiger partial charge in [0.25, 0.3) is 0 Å². The molecule has 0 aliphatic rings. The summed E-state index contributed by atoms with van der Waals surface area (Å²) < 4.78 is 5.59. The summed E-state index contributed by atoms with van der Waals surface area (Å²) in [4.78, 5) is 0. The predicted molar refractivity (Wildman–Crippen MR) is 73.2 cm³/mol. The van der Waals surface area contributed by atoms with E-state index in [4.69, 9.17) is 4.74 Å². The van der Waals surface area contributed by atoms with Gasteiger partial charge < -0.3 is 10.1 Å². The number of ether oxygens (including phenoxy) is 1. The quantitative estimate of drug-likeness (QED) is 0.784. The van der Waals surface area contributed by atoms with Crippen LogP contribution >= 0.6 is 0 Å². The van der Waals surface area contributed by atoms with Crippen molar-refractivity contribution in [3.8, 4) is 0 Å². The Morgan fingerprint density at radius 3 is 2.29 bits per heavy atom. The van der Waals surface area contributed by atoms with Crippen molar-refractivity contribution in [3.63, 3.8) is 0 Å². The SMILES string of the molecule is CNC(CCc1ccccc1)C(OC)C(C)C. The molecule has 2 atom stereocenters. The van der Waals surface area contributed by atoms with Crippen LogP contribution in [0.1, 0.15) is 25.8 Å². The maximum Gasteiger partial charge on any atom is 0.0747 e. The van der Waals surface area contributed by atoms with Gasteiger partial charge in [0, 0.05) is 13.2 Å². The maximum absolute atomic E-state index is 5.59. The molecule has 0 saturated carbocycles. The van der Waals surface area contributed by atoms with Gasteiger partial charge >= 0.3 is 0 Å². The molecule has 2 unspecified atom stereocenters. The third-order valence-electron chi connectivity index (χ3n) is 3.28. The van der Waals surface area contributed by atoms with E-state index in [-0.39, 0.29) is 6.10 Å². The number of hydrogen-bond donors (Lipinski definition) is 1. The molecular formula is C15H25NO. The molecule has 1 aromatic carbocycles. The number of benzene rings is 1. The maximum atomic E-state index is 5.59. The molecule has 2 nitrogen and oxygen atoms in total. The summed E-state index contributed by atoms with van der Waals surface area (Å²) in [7, 11) is 3.82. The summed E-state index contributed by atoms with van der Waals surface area (Å²) in [5.41, 5.74) is 1.39. The minimum absolute atomic E-state index is 0.281. The number of likely N-dealkylation sites (N-methyl/N-ethyl adjacent to an activating group) is 1. The van der Waals surface area contributed by atoms with Crippen molar-refractivity contribution in [2.45, 2.75) is 38.8 Å². The van der Waals surface area contributed by atoms with Gasteiger partial charge in [-0.1, -0.05) is 44.2 Å². The second-order valence-electron chi connectivity index (χ2n) is 4.86. The van der Waals surface area contributed by atoms with Crippen molar-refractivity contribution in [1.29, 1.82) is 0 Å². The highest BCUT2D eigenvalue weighted by atomic mass is 16.5. The van der Waals surface area contributed by atoms with Crippen LogP contribution in [0, 0.1) is 5.92 Å². The van der Waals surface area contributed by atoms with Crippen LogP contribution in [0.25, 0.3) is 0 Å². The summed E-state index contributed by atoms with van der Waals surface area (Å²) in [6, 6.07) is 11.0. The predicted octanol–water partition coefficient (Wildman–Crippen LogP) is 2.88. The summed E-state index contributed by atoms with van der Waals surface area (Å²) >= 11 is 0. The molecule has 17 heavy (non-hydrogen) atoms. The van der Waals surface area contributed by atoms with E-state index in [9.17, 15) is 0 Å². The molecular weight excluding hydrogens is 210 g/mol. The van der Waals surface area contributed by atoms with Gasteiger partial charge in [-0.05, 0) is 31.4 Å². The van der Waals surface area contributed by atoms with Crippen LogP contribution in [0.4, 0.5) is 0 Å². The smallest absolute Gasteiger partial charge is 0.0747 e. The largest absolute Gasteiger partial charge is 0.380 e. The van der Waals surface area contributed by atoms with E-state index >= 15 is 0 Å². The molecule has 0 bridgehead atoms. The second-order valence-corrected chi connectivity index (χ2v) is 4.86. The fourth-order valence-electron chi connectivity index (χ4n) is 2.34. The lowest BCUT2D eigenvalue weighted by Gasteiger charge is -2.28. The van der Waals surface area contributed by atoms with Crippen molar-refractivity contribution < 1.29 is 4.74 Å². The average Bonchev–Trinajstić information content (AvgIpc) is 2.35. The molecule has 0 radical (unpaired) electrons. The molecule has 2 heteroatoms. The van der Waals surface area contributed by atoms with Crippen LogP contribution in [0.2, 0.25) is 0 Å². The van der Waals surface area contributed by atoms with E-state index in [1.807, 2.05) is 7.05 Å². The van der Waals surface area contributed by atoms with Crippen molar-refractivity contribution in [3.05, 3.63) is 35.9 Å². The minimum Gasteiger partial charge on any atom is -0.380 e. The fourth-order valence-corrected chi connectivity index (χ4v) is 2.34. The third kappa shape index (κ3) is 4.49. The average molecular weight is 235 g/mol. The number of hydrogen-bond acceptors (Lipinski definition) is 2. The normalized spacial score (nSPS) is 14.9. The van der Waals surface area contributed by atoms with Crippen LogP contribution in [0.3, 0.4) is 0 Å². The van der Waals surface area contributed by atoms with E-state index in [1.54, 1.807) is 7.11 Å². The highest BCUT2D eigenvalue weighted by Crippen LogP contribution is 2.15. The first-order valence-corrected chi connectivity index (χ1v) is 6.43. The molecule has 0 spiro atoms. The fraction of sp³-hybridized carbons (Fsp3) is 0.600. The lowest BCUT2D eigenvalue weighted by atomic mass is 9.94. The Kier molecular flexibility index (Phi) is 6.23. The Balaban J connectivity index is 2.52. The van der Waals surface area contributed by atoms with Crippen molar-refractivity contribution in [2.24, 2.45) is 5.92 Å². The molecule has 0 fully saturated rings. The number of rotatable bonds is 7. The van der Waals surface area contributed by atoms with Gasteiger partial charge in [-0.15, -0.1) is 0 Å². The Bertz CT molecular complexity index is 297. The van der Waals surface area contributed by atoms with E-state index < -0.39 is 0 Å². The second kappa shape index (κ2) is 7.46. The Hall–Kier alpha value is -0.860. The molecule has 0 amide bonds. The molecule has 1 rings (SSSR count). The minimum atomic E-state index is 0.281. The van der Waals surface area contributed by atoms with Crippen LogP contribution in [0.15, 0.2) is 30.3 Å². The summed E-state index contributed by atoms with van der Waals surface area (Å²) in [5.74, 6) is 0.535. The van der Waals surface area contributed by atoms with Gasteiger partial charge in [0.15, 0.2) is 0 Å². The van der Waals surface area contributed by atoms with E-state index in [2.05, 4.69) is 49.5 Å². The highest BCUT2D eigenvalue weighted by molar-refractivity contribution is 5.14. The van der Waals surface area contributed by atoms with Crippen LogP contribution in [0.5, 0.6) is 0 Å². The molecule has 1 aromatic rings. The van der Waals surface area contributed by atoms with Gasteiger partial charge in [-0.25, -0.2) is 0 Å². The van der Waals surface area contributed by atoms with Gasteiger partial charge in [0.2, 0.25) is 0 Å². The Morgan fingerprint density at radius 1 is 1.18 bits per heavy atom. The number of methoxy groups -OCH3 is 1. The highest BCUT2D eigenvalue weighted by Gasteiger charge is 2.22. The first-order valence-electron chi connectivity index (χ1n) is 6.43. The molecule has 0 saturated heterocycles. The number of aryl methyl sites for hydroxylation is 1. The van der Waals surface area contributed by atoms with E-state index in [1.165, 1.54) is 5.56 Å². The Labute approximate surface area is 105 Å². The third-order valence-corrected chi connectivity index (χ3v) is 3.28. The van der Waals surface area contributed by atoms with Crippen LogP contribution in [-0.4, -0.2) is 26.3 Å². The summed E-state index contributed by atoms with van der Waals surface area (Å²) in [5, 5.41) is 3.38. The van der Waals surface area contributed by atoms with Crippen molar-refractivity contribution >= 4 is 0 Å². The standard InChI is InChI=1S/C15H25NO/c1-12(2)15(17-4)14(16-3)11-10-13-8-6-5-7-9-13/h5-9,12,14-16H,10-11H2,1-4H3. The zero-order valence-electron chi connectivity index (χ0n) is 11.4. The molecule has 0 heterocycles. The summed E-state index contributed by atoms with van der Waals surface area (Å²) in [6.45, 7) is 4.42. The monoisotopic (exact) mass is 235 g/mol. The lowest BCUT2D eigenvalue weighted by Crippen LogP contribution is -2.42. The molecule has 0 aromatic heterocycles. The van der Waals surface area contributed by atoms with Gasteiger partial charge in [0.1, 0.15) is 0 Å². The van der Waals surface area contributed by atoms with Crippen LogP contribution in [-0.2, 0) is 11.2 Å². The molecule has 0 aliphatic carbocycles. The van der Waals surface area contributed by atoms with Crippen LogP contribution < -0.4 is 5.32 Å². The van der Waals surface area contributed by atoms with E-state index in [0.29, 0.717) is 12.0 Å². The zero-order chi connectivity index (χ0) is 12.7. The first kappa shape index (κ1) is 14.2. The summed E-state index contributed by atoms with van der Waals surface area (Å²) in [6.07, 6.45) is 2.49. The van der Waals surface area contributed by atoms with Crippen molar-refractivity contribution in [2.75, 3.05) is 14.2 Å². The van der Waals surface area contributed by atoms with Gasteiger partial charge in [0.05, 0.1) is 6.10 Å². The number of nitrogens with one attached hydrogen (secondary N) is 1. The van der Waals surface area contributed by atoms with Crippen molar-refractivity contribution in [1.82, 2.24) is 5.32 Å².